The normalized spacial score (nSPS) is 12.9. The number of likely N-dealkylation sites (N-methyl/N-ethyl adjacent to an activating group) is 1. The van der Waals surface area contributed by atoms with Crippen LogP contribution in [-0.4, -0.2) is 42.8 Å². The molecule has 0 bridgehead atoms. The number of benzene rings is 1. The van der Waals surface area contributed by atoms with Gasteiger partial charge in [0.2, 0.25) is 0 Å². The summed E-state index contributed by atoms with van der Waals surface area (Å²) >= 11 is 0. The molecule has 0 aliphatic heterocycles. The highest BCUT2D eigenvalue weighted by atomic mass is 19.4. The number of carbonyl (C=O) groups is 2. The van der Waals surface area contributed by atoms with Gasteiger partial charge in [0.1, 0.15) is 5.60 Å². The molecule has 27 heavy (non-hydrogen) atoms. The Morgan fingerprint density at radius 1 is 1.22 bits per heavy atom. The van der Waals surface area contributed by atoms with Crippen molar-refractivity contribution in [3.05, 3.63) is 35.4 Å². The van der Waals surface area contributed by atoms with Crippen molar-refractivity contribution in [2.24, 2.45) is 0 Å². The van der Waals surface area contributed by atoms with Crippen molar-refractivity contribution in [2.75, 3.05) is 20.1 Å². The maximum absolute atomic E-state index is 12.8. The number of nitrogens with one attached hydrogen (secondary N) is 2. The number of halogens is 3. The molecule has 0 saturated heterocycles. The third-order valence-electron chi connectivity index (χ3n) is 3.50. The van der Waals surface area contributed by atoms with Gasteiger partial charge in [0, 0.05) is 20.1 Å². The monoisotopic (exact) mass is 389 g/mol. The van der Waals surface area contributed by atoms with E-state index >= 15 is 0 Å². The topological polar surface area (TPSA) is 70.7 Å². The van der Waals surface area contributed by atoms with Crippen LogP contribution in [0.25, 0.3) is 0 Å². The number of carbonyl (C=O) groups excluding carboxylic acids is 2. The van der Waals surface area contributed by atoms with Crippen molar-refractivity contribution < 1.29 is 27.5 Å². The summed E-state index contributed by atoms with van der Waals surface area (Å²) in [6.07, 6.45) is -4.95. The molecule has 152 valence electrons. The minimum atomic E-state index is -4.44. The van der Waals surface area contributed by atoms with Gasteiger partial charge in [0.15, 0.2) is 0 Å². The zero-order valence-electron chi connectivity index (χ0n) is 16.1. The Kier molecular flexibility index (Phi) is 7.50. The molecule has 1 aromatic carbocycles. The van der Waals surface area contributed by atoms with Crippen LogP contribution < -0.4 is 10.6 Å². The number of nitrogens with zero attached hydrogens (tertiary/aromatic N) is 1. The van der Waals surface area contributed by atoms with Gasteiger partial charge in [-0.05, 0) is 45.4 Å². The van der Waals surface area contributed by atoms with Crippen LogP contribution in [0, 0.1) is 0 Å². The van der Waals surface area contributed by atoms with E-state index in [1.807, 2.05) is 0 Å². The number of alkyl halides is 3. The molecule has 0 heterocycles. The van der Waals surface area contributed by atoms with Crippen molar-refractivity contribution in [3.63, 3.8) is 0 Å². The fourth-order valence-electron chi connectivity index (χ4n) is 2.08. The van der Waals surface area contributed by atoms with Crippen LogP contribution >= 0.6 is 0 Å². The number of rotatable bonds is 5. The zero-order chi connectivity index (χ0) is 20.8. The molecule has 2 N–H and O–H groups in total. The Labute approximate surface area is 157 Å². The molecule has 0 aliphatic carbocycles. The molecule has 0 saturated carbocycles. The van der Waals surface area contributed by atoms with Gasteiger partial charge in [-0.15, -0.1) is 0 Å². The third kappa shape index (κ3) is 8.19. The number of ether oxygens (including phenoxy) is 1. The lowest BCUT2D eigenvalue weighted by Gasteiger charge is -2.24. The number of amides is 3. The summed E-state index contributed by atoms with van der Waals surface area (Å²) in [5.41, 5.74) is -1.05. The van der Waals surface area contributed by atoms with E-state index in [-0.39, 0.29) is 13.1 Å². The SMILES string of the molecule is CC(NC(=O)NCCN(C)C(=O)OC(C)(C)C)c1cccc(C(F)(F)F)c1. The van der Waals surface area contributed by atoms with E-state index in [0.29, 0.717) is 5.56 Å². The highest BCUT2D eigenvalue weighted by Crippen LogP contribution is 2.30. The lowest BCUT2D eigenvalue weighted by molar-refractivity contribution is -0.137. The van der Waals surface area contributed by atoms with E-state index in [1.54, 1.807) is 34.7 Å². The molecule has 0 radical (unpaired) electrons. The van der Waals surface area contributed by atoms with Gasteiger partial charge in [0.25, 0.3) is 0 Å². The molecule has 1 rings (SSSR count). The molecule has 3 amide bonds. The van der Waals surface area contributed by atoms with Gasteiger partial charge in [-0.25, -0.2) is 9.59 Å². The summed E-state index contributed by atoms with van der Waals surface area (Å²) in [6, 6.07) is 3.62. The average Bonchev–Trinajstić information content (AvgIpc) is 2.52. The van der Waals surface area contributed by atoms with Crippen molar-refractivity contribution in [1.29, 1.82) is 0 Å². The van der Waals surface area contributed by atoms with Gasteiger partial charge < -0.3 is 20.3 Å². The molecule has 1 aromatic rings. The second-order valence-electron chi connectivity index (χ2n) is 7.15. The zero-order valence-corrected chi connectivity index (χ0v) is 16.1. The summed E-state index contributed by atoms with van der Waals surface area (Å²) < 4.78 is 43.5. The summed E-state index contributed by atoms with van der Waals surface area (Å²) in [5, 5.41) is 5.12. The Hall–Kier alpha value is -2.45. The predicted molar refractivity (Wildman–Crippen MR) is 95.3 cm³/mol. The Morgan fingerprint density at radius 3 is 2.41 bits per heavy atom. The average molecular weight is 389 g/mol. The Morgan fingerprint density at radius 2 is 1.85 bits per heavy atom. The minimum Gasteiger partial charge on any atom is -0.444 e. The van der Waals surface area contributed by atoms with Crippen LogP contribution in [0.3, 0.4) is 0 Å². The number of hydrogen-bond acceptors (Lipinski definition) is 3. The van der Waals surface area contributed by atoms with E-state index in [4.69, 9.17) is 4.74 Å². The quantitative estimate of drug-likeness (QED) is 0.802. The summed E-state index contributed by atoms with van der Waals surface area (Å²) in [5.74, 6) is 0. The first-order chi connectivity index (χ1) is 12.3. The van der Waals surface area contributed by atoms with Crippen LogP contribution in [-0.2, 0) is 10.9 Å². The molecular formula is C18H26F3N3O3. The van der Waals surface area contributed by atoms with Crippen LogP contribution in [0.2, 0.25) is 0 Å². The van der Waals surface area contributed by atoms with Crippen molar-refractivity contribution >= 4 is 12.1 Å². The highest BCUT2D eigenvalue weighted by Gasteiger charge is 2.30. The van der Waals surface area contributed by atoms with Gasteiger partial charge >= 0.3 is 18.3 Å². The lowest BCUT2D eigenvalue weighted by Crippen LogP contribution is -2.42. The Balaban J connectivity index is 2.48. The Bertz CT molecular complexity index is 657. The molecule has 6 nitrogen and oxygen atoms in total. The fourth-order valence-corrected chi connectivity index (χ4v) is 2.08. The molecular weight excluding hydrogens is 363 g/mol. The highest BCUT2D eigenvalue weighted by molar-refractivity contribution is 5.74. The van der Waals surface area contributed by atoms with Crippen LogP contribution in [0.1, 0.15) is 44.9 Å². The maximum atomic E-state index is 12.8. The van der Waals surface area contributed by atoms with E-state index in [9.17, 15) is 22.8 Å². The third-order valence-corrected chi connectivity index (χ3v) is 3.50. The van der Waals surface area contributed by atoms with E-state index in [2.05, 4.69) is 10.6 Å². The van der Waals surface area contributed by atoms with Gasteiger partial charge in [-0.3, -0.25) is 0 Å². The first-order valence-electron chi connectivity index (χ1n) is 8.45. The first kappa shape index (κ1) is 22.6. The summed E-state index contributed by atoms with van der Waals surface area (Å²) in [6.45, 7) is 7.22. The summed E-state index contributed by atoms with van der Waals surface area (Å²) in [7, 11) is 1.54. The van der Waals surface area contributed by atoms with E-state index in [1.165, 1.54) is 17.0 Å². The lowest BCUT2D eigenvalue weighted by atomic mass is 10.1. The predicted octanol–water partition coefficient (Wildman–Crippen LogP) is 3.93. The molecule has 0 aliphatic rings. The van der Waals surface area contributed by atoms with Crippen molar-refractivity contribution in [2.45, 2.75) is 45.5 Å². The minimum absolute atomic E-state index is 0.164. The molecule has 0 aromatic heterocycles. The molecule has 0 fully saturated rings. The molecule has 1 atom stereocenters. The van der Waals surface area contributed by atoms with Crippen LogP contribution in [0.5, 0.6) is 0 Å². The van der Waals surface area contributed by atoms with Crippen molar-refractivity contribution in [3.8, 4) is 0 Å². The van der Waals surface area contributed by atoms with E-state index < -0.39 is 35.5 Å². The van der Waals surface area contributed by atoms with Gasteiger partial charge in [0.05, 0.1) is 11.6 Å². The van der Waals surface area contributed by atoms with Crippen LogP contribution in [0.4, 0.5) is 22.8 Å². The van der Waals surface area contributed by atoms with E-state index in [0.717, 1.165) is 12.1 Å². The largest absolute Gasteiger partial charge is 0.444 e. The summed E-state index contributed by atoms with van der Waals surface area (Å²) in [4.78, 5) is 25.0. The smallest absolute Gasteiger partial charge is 0.416 e. The molecule has 0 spiro atoms. The number of hydrogen-bond donors (Lipinski definition) is 2. The molecule has 1 unspecified atom stereocenters. The first-order valence-corrected chi connectivity index (χ1v) is 8.45. The second kappa shape index (κ2) is 8.96. The molecule has 9 heteroatoms. The second-order valence-corrected chi connectivity index (χ2v) is 7.15. The fraction of sp³-hybridized carbons (Fsp3) is 0.556. The van der Waals surface area contributed by atoms with Gasteiger partial charge in [-0.2, -0.15) is 13.2 Å². The van der Waals surface area contributed by atoms with Crippen molar-refractivity contribution in [1.82, 2.24) is 15.5 Å². The number of urea groups is 1. The standard InChI is InChI=1S/C18H26F3N3O3/c1-12(13-7-6-8-14(11-13)18(19,20)21)23-15(25)22-9-10-24(5)16(26)27-17(2,3)4/h6-8,11-12H,9-10H2,1-5H3,(H2,22,23,25). The van der Waals surface area contributed by atoms with Crippen LogP contribution in [0.15, 0.2) is 24.3 Å². The maximum Gasteiger partial charge on any atom is 0.416 e. The van der Waals surface area contributed by atoms with Gasteiger partial charge in [-0.1, -0.05) is 12.1 Å².